The van der Waals surface area contributed by atoms with Gasteiger partial charge in [-0.2, -0.15) is 0 Å². The molecule has 1 aromatic rings. The number of anilines is 1. The summed E-state index contributed by atoms with van der Waals surface area (Å²) in [5.41, 5.74) is 1.56. The zero-order chi connectivity index (χ0) is 27.0. The Balaban J connectivity index is 0.00000481. The Morgan fingerprint density at radius 3 is 2.54 bits per heavy atom. The average Bonchev–Trinajstić information content (AvgIpc) is 3.29. The van der Waals surface area contributed by atoms with Gasteiger partial charge < -0.3 is 18.8 Å². The normalized spacial score (nSPS) is 19.2. The molecule has 12 nitrogen and oxygen atoms in total. The number of nitrogens with one attached hydrogen (secondary N) is 1. The molecule has 0 bridgehead atoms. The number of thiocarbonyl (C=S) groups is 1. The molecule has 0 spiro atoms. The number of aromatic nitrogens is 1. The SMILES string of the molecule is CC(=O)NS(=O)(=O)CN1C(=O)/C(=C\C(C)=C\CC2Oc3cc(C)n(C)c3N2CCS(=O)(=O)[O-])SC1=S.[Na+]. The van der Waals surface area contributed by atoms with Gasteiger partial charge in [0.2, 0.25) is 5.91 Å². The van der Waals surface area contributed by atoms with E-state index in [4.69, 9.17) is 17.0 Å². The van der Waals surface area contributed by atoms with Crippen molar-refractivity contribution in [2.45, 2.75) is 33.4 Å². The van der Waals surface area contributed by atoms with Gasteiger partial charge in [-0.05, 0) is 19.9 Å². The molecule has 0 aliphatic carbocycles. The molecule has 0 radical (unpaired) electrons. The van der Waals surface area contributed by atoms with Gasteiger partial charge in [0.15, 0.2) is 17.8 Å². The zero-order valence-corrected chi connectivity index (χ0v) is 26.1. The monoisotopic (exact) mass is 600 g/mol. The molecule has 1 N–H and O–H groups in total. The Morgan fingerprint density at radius 1 is 1.30 bits per heavy atom. The number of fused-ring (bicyclic) bond motifs is 1. The van der Waals surface area contributed by atoms with Crippen molar-refractivity contribution in [3.05, 3.63) is 34.4 Å². The van der Waals surface area contributed by atoms with Gasteiger partial charge in [-0.15, -0.1) is 0 Å². The maximum atomic E-state index is 12.7. The first-order valence-corrected chi connectivity index (χ1v) is 15.0. The Bertz CT molecular complexity index is 1380. The van der Waals surface area contributed by atoms with E-state index in [1.807, 2.05) is 24.6 Å². The van der Waals surface area contributed by atoms with E-state index in [1.54, 1.807) is 28.7 Å². The van der Waals surface area contributed by atoms with Crippen LogP contribution in [-0.4, -0.2) is 71.4 Å². The molecular formula is C20H25N4NaO8S4. The third-order valence-corrected chi connectivity index (χ3v) is 8.60. The number of carbonyl (C=O) groups excluding carboxylic acids is 2. The van der Waals surface area contributed by atoms with Crippen LogP contribution in [0, 0.1) is 6.92 Å². The van der Waals surface area contributed by atoms with Crippen LogP contribution in [0.2, 0.25) is 0 Å². The summed E-state index contributed by atoms with van der Waals surface area (Å²) in [4.78, 5) is 26.6. The maximum Gasteiger partial charge on any atom is 1.00 e. The summed E-state index contributed by atoms with van der Waals surface area (Å²) in [7, 11) is -6.70. The van der Waals surface area contributed by atoms with E-state index in [0.29, 0.717) is 23.6 Å². The fourth-order valence-electron chi connectivity index (χ4n) is 3.67. The van der Waals surface area contributed by atoms with Crippen molar-refractivity contribution >= 4 is 66.1 Å². The third-order valence-electron chi connectivity index (χ3n) is 5.34. The van der Waals surface area contributed by atoms with Crippen LogP contribution < -0.4 is 43.9 Å². The van der Waals surface area contributed by atoms with E-state index in [9.17, 15) is 31.0 Å². The smallest absolute Gasteiger partial charge is 0.748 e. The van der Waals surface area contributed by atoms with Gasteiger partial charge in [0, 0.05) is 38.7 Å². The van der Waals surface area contributed by atoms with Crippen molar-refractivity contribution < 1.29 is 65.3 Å². The third kappa shape index (κ3) is 8.05. The molecule has 37 heavy (non-hydrogen) atoms. The average molecular weight is 601 g/mol. The molecule has 1 fully saturated rings. The molecule has 3 heterocycles. The summed E-state index contributed by atoms with van der Waals surface area (Å²) in [5, 5.41) is 0. The number of aryl methyl sites for hydroxylation is 1. The number of hydrogen-bond acceptors (Lipinski definition) is 11. The van der Waals surface area contributed by atoms with Crippen LogP contribution >= 0.6 is 24.0 Å². The van der Waals surface area contributed by atoms with Crippen LogP contribution in [-0.2, 0) is 36.8 Å². The predicted octanol–water partition coefficient (Wildman–Crippen LogP) is -2.09. The largest absolute Gasteiger partial charge is 1.00 e. The van der Waals surface area contributed by atoms with Crippen molar-refractivity contribution in [2.75, 3.05) is 23.1 Å². The molecule has 17 heteroatoms. The van der Waals surface area contributed by atoms with E-state index in [-0.39, 0.29) is 45.3 Å². The number of sulfonamides is 1. The van der Waals surface area contributed by atoms with Crippen molar-refractivity contribution in [3.63, 3.8) is 0 Å². The minimum atomic E-state index is -4.43. The number of ether oxygens (including phenoxy) is 1. The molecule has 1 unspecified atom stereocenters. The number of carbonyl (C=O) groups is 2. The topological polar surface area (TPSA) is 158 Å². The summed E-state index contributed by atoms with van der Waals surface area (Å²) < 4.78 is 67.4. The second-order valence-electron chi connectivity index (χ2n) is 8.26. The van der Waals surface area contributed by atoms with Gasteiger partial charge in [0.1, 0.15) is 10.2 Å². The van der Waals surface area contributed by atoms with E-state index in [1.165, 1.54) is 0 Å². The summed E-state index contributed by atoms with van der Waals surface area (Å²) in [5.74, 6) is -1.48. The van der Waals surface area contributed by atoms with E-state index >= 15 is 0 Å². The number of rotatable bonds is 9. The minimum Gasteiger partial charge on any atom is -0.748 e. The second-order valence-corrected chi connectivity index (χ2v) is 13.1. The summed E-state index contributed by atoms with van der Waals surface area (Å²) >= 11 is 6.07. The second kappa shape index (κ2) is 12.2. The molecule has 1 aromatic heterocycles. The molecular weight excluding hydrogens is 575 g/mol. The van der Waals surface area contributed by atoms with E-state index in [0.717, 1.165) is 29.3 Å². The minimum absolute atomic E-state index is 0. The first-order valence-electron chi connectivity index (χ1n) is 10.5. The number of allylic oxidation sites excluding steroid dienone is 2. The summed E-state index contributed by atoms with van der Waals surface area (Å²) in [6.45, 7) is 4.61. The molecule has 0 aromatic carbocycles. The number of nitrogens with zero attached hydrogens (tertiary/aromatic N) is 3. The molecule has 3 rings (SSSR count). The van der Waals surface area contributed by atoms with Gasteiger partial charge in [-0.1, -0.05) is 35.6 Å². The van der Waals surface area contributed by atoms with Crippen molar-refractivity contribution in [3.8, 4) is 5.75 Å². The Hall–Kier alpha value is -1.40. The molecule has 1 saturated heterocycles. The standard InChI is InChI=1S/C20H26N4O8S4.Na/c1-12(9-16-19(26)24(20(33)34-16)11-35(27,28)21-14(3)25)5-6-17-23(7-8-36(29,30)31)18-15(32-17)10-13(2)22(18)4;/h5,9-10,17H,6-8,11H2,1-4H3,(H,21,25)(H,29,30,31);/q;+1/p-1/b12-5+,16-9+;. The van der Waals surface area contributed by atoms with Gasteiger partial charge in [-0.3, -0.25) is 19.2 Å². The van der Waals surface area contributed by atoms with Gasteiger partial charge >= 0.3 is 29.6 Å². The molecule has 2 amide bonds. The van der Waals surface area contributed by atoms with Gasteiger partial charge in [0.05, 0.1) is 20.8 Å². The van der Waals surface area contributed by atoms with E-state index < -0.39 is 49.8 Å². The fourth-order valence-corrected chi connectivity index (χ4v) is 6.65. The number of hydrogen-bond donors (Lipinski definition) is 1. The van der Waals surface area contributed by atoms with Crippen LogP contribution in [0.5, 0.6) is 5.75 Å². The van der Waals surface area contributed by atoms with Crippen molar-refractivity contribution in [1.82, 2.24) is 14.2 Å². The van der Waals surface area contributed by atoms with Gasteiger partial charge in [-0.25, -0.2) is 16.8 Å². The Labute approximate surface area is 247 Å². The Morgan fingerprint density at radius 2 is 1.95 bits per heavy atom. The van der Waals surface area contributed by atoms with Crippen LogP contribution in [0.3, 0.4) is 0 Å². The predicted molar refractivity (Wildman–Crippen MR) is 138 cm³/mol. The van der Waals surface area contributed by atoms with Crippen molar-refractivity contribution in [1.29, 1.82) is 0 Å². The zero-order valence-electron chi connectivity index (χ0n) is 20.9. The number of amides is 2. The van der Waals surface area contributed by atoms with E-state index in [2.05, 4.69) is 0 Å². The first kappa shape index (κ1) is 31.8. The summed E-state index contributed by atoms with van der Waals surface area (Å²) in [6.07, 6.45) is 3.09. The van der Waals surface area contributed by atoms with Crippen LogP contribution in [0.25, 0.3) is 0 Å². The molecule has 198 valence electrons. The fraction of sp³-hybridized carbons (Fsp3) is 0.450. The first-order chi connectivity index (χ1) is 16.6. The number of thioether (sulfide) groups is 1. The molecule has 0 saturated carbocycles. The Kier molecular flexibility index (Phi) is 10.5. The van der Waals surface area contributed by atoms with Crippen LogP contribution in [0.15, 0.2) is 28.7 Å². The molecule has 2 aliphatic rings. The maximum absolute atomic E-state index is 12.7. The quantitative estimate of drug-likeness (QED) is 0.143. The summed E-state index contributed by atoms with van der Waals surface area (Å²) in [6, 6.07) is 1.82. The molecule has 2 aliphatic heterocycles. The van der Waals surface area contributed by atoms with Crippen LogP contribution in [0.1, 0.15) is 26.0 Å². The van der Waals surface area contributed by atoms with Crippen molar-refractivity contribution in [2.24, 2.45) is 7.05 Å². The van der Waals surface area contributed by atoms with Crippen LogP contribution in [0.4, 0.5) is 5.82 Å². The molecule has 1 atom stereocenters. The van der Waals surface area contributed by atoms with Gasteiger partial charge in [0.25, 0.3) is 15.9 Å².